The molecule has 1 N–H and O–H groups in total. The molecule has 0 saturated heterocycles. The molecule has 0 radical (unpaired) electrons. The van der Waals surface area contributed by atoms with E-state index in [0.29, 0.717) is 34.3 Å². The second-order valence-corrected chi connectivity index (χ2v) is 7.76. The first-order valence-corrected chi connectivity index (χ1v) is 10.4. The van der Waals surface area contributed by atoms with Crippen LogP contribution in [0, 0.1) is 0 Å². The summed E-state index contributed by atoms with van der Waals surface area (Å²) in [7, 11) is 1.45. The number of nitrogens with one attached hydrogen (secondary N) is 1. The first kappa shape index (κ1) is 20.1. The predicted molar refractivity (Wildman–Crippen MR) is 117 cm³/mol. The van der Waals surface area contributed by atoms with Crippen LogP contribution in [0.5, 0.6) is 5.88 Å². The number of aryl methyl sites for hydroxylation is 1. The highest BCUT2D eigenvalue weighted by Gasteiger charge is 2.25. The summed E-state index contributed by atoms with van der Waals surface area (Å²) in [6.45, 7) is 2.13. The number of fused-ring (bicyclic) bond motifs is 1. The van der Waals surface area contributed by atoms with Gasteiger partial charge in [0.15, 0.2) is 11.6 Å². The molecule has 0 fully saturated rings. The molecule has 0 spiro atoms. The molecule has 32 heavy (non-hydrogen) atoms. The molecular formula is C21H19ClN8O2. The molecule has 5 rings (SSSR count). The molecule has 0 bridgehead atoms. The van der Waals surface area contributed by atoms with Crippen molar-refractivity contribution in [2.75, 3.05) is 12.4 Å². The normalized spacial score (nSPS) is 14.9. The highest BCUT2D eigenvalue weighted by atomic mass is 35.5. The Morgan fingerprint density at radius 1 is 1.19 bits per heavy atom. The smallest absolute Gasteiger partial charge is 0.263 e. The predicted octanol–water partition coefficient (Wildman–Crippen LogP) is 3.34. The number of anilines is 1. The van der Waals surface area contributed by atoms with Gasteiger partial charge in [-0.05, 0) is 37.6 Å². The van der Waals surface area contributed by atoms with Crippen LogP contribution in [0.25, 0.3) is 17.3 Å². The minimum Gasteiger partial charge on any atom is -0.479 e. The van der Waals surface area contributed by atoms with Crippen molar-refractivity contribution < 1.29 is 9.53 Å². The van der Waals surface area contributed by atoms with Crippen LogP contribution in [0.4, 0.5) is 5.82 Å². The van der Waals surface area contributed by atoms with E-state index in [2.05, 4.69) is 42.1 Å². The molecule has 1 atom stereocenters. The highest BCUT2D eigenvalue weighted by molar-refractivity contribution is 6.29. The van der Waals surface area contributed by atoms with E-state index in [4.69, 9.17) is 16.3 Å². The molecule has 4 aromatic rings. The maximum absolute atomic E-state index is 13.0. The fourth-order valence-corrected chi connectivity index (χ4v) is 3.88. The molecule has 5 heterocycles. The van der Waals surface area contributed by atoms with Crippen molar-refractivity contribution in [3.8, 4) is 23.2 Å². The zero-order valence-corrected chi connectivity index (χ0v) is 18.1. The SMILES string of the molecule is COc1nn(-c2cccc(Cl)n2)cc1C(=O)Nc1cccc(-c2nnc3n2[C@@H](C)CC3)n1. The van der Waals surface area contributed by atoms with Gasteiger partial charge < -0.3 is 14.6 Å². The van der Waals surface area contributed by atoms with Crippen molar-refractivity contribution in [1.82, 2.24) is 34.5 Å². The summed E-state index contributed by atoms with van der Waals surface area (Å²) in [4.78, 5) is 21.8. The molecule has 0 aliphatic carbocycles. The van der Waals surface area contributed by atoms with Gasteiger partial charge >= 0.3 is 0 Å². The molecular weight excluding hydrogens is 432 g/mol. The van der Waals surface area contributed by atoms with Crippen LogP contribution >= 0.6 is 11.6 Å². The summed E-state index contributed by atoms with van der Waals surface area (Å²) in [6.07, 6.45) is 3.46. The molecule has 1 aliphatic rings. The van der Waals surface area contributed by atoms with Gasteiger partial charge in [0, 0.05) is 18.7 Å². The Bertz CT molecular complexity index is 1310. The highest BCUT2D eigenvalue weighted by Crippen LogP contribution is 2.30. The quantitative estimate of drug-likeness (QED) is 0.464. The third kappa shape index (κ3) is 3.58. The Hall–Kier alpha value is -3.79. The van der Waals surface area contributed by atoms with Crippen LogP contribution in [0.2, 0.25) is 5.15 Å². The number of pyridine rings is 2. The molecule has 162 valence electrons. The molecule has 1 amide bonds. The van der Waals surface area contributed by atoms with Crippen LogP contribution in [-0.4, -0.2) is 47.5 Å². The lowest BCUT2D eigenvalue weighted by Crippen LogP contribution is -2.14. The summed E-state index contributed by atoms with van der Waals surface area (Å²) >= 11 is 5.96. The van der Waals surface area contributed by atoms with E-state index in [9.17, 15) is 4.79 Å². The maximum Gasteiger partial charge on any atom is 0.263 e. The maximum atomic E-state index is 13.0. The largest absolute Gasteiger partial charge is 0.479 e. The van der Waals surface area contributed by atoms with Gasteiger partial charge in [-0.1, -0.05) is 23.7 Å². The van der Waals surface area contributed by atoms with E-state index < -0.39 is 5.91 Å². The molecule has 11 heteroatoms. The molecule has 0 saturated carbocycles. The third-order valence-corrected chi connectivity index (χ3v) is 5.48. The number of hydrogen-bond acceptors (Lipinski definition) is 7. The van der Waals surface area contributed by atoms with Gasteiger partial charge in [0.1, 0.15) is 28.1 Å². The summed E-state index contributed by atoms with van der Waals surface area (Å²) < 4.78 is 8.82. The fraction of sp³-hybridized carbons (Fsp3) is 0.238. The second kappa shape index (κ2) is 8.04. The minimum atomic E-state index is -0.417. The van der Waals surface area contributed by atoms with E-state index >= 15 is 0 Å². The Kier molecular flexibility index (Phi) is 5.06. The van der Waals surface area contributed by atoms with Crippen LogP contribution < -0.4 is 10.1 Å². The van der Waals surface area contributed by atoms with Gasteiger partial charge in [0.2, 0.25) is 5.88 Å². The number of halogens is 1. The van der Waals surface area contributed by atoms with Crippen LogP contribution in [-0.2, 0) is 6.42 Å². The number of aromatic nitrogens is 7. The van der Waals surface area contributed by atoms with Crippen molar-refractivity contribution in [2.45, 2.75) is 25.8 Å². The number of nitrogens with zero attached hydrogens (tertiary/aromatic N) is 7. The second-order valence-electron chi connectivity index (χ2n) is 7.37. The Morgan fingerprint density at radius 2 is 2.03 bits per heavy atom. The number of hydrogen-bond donors (Lipinski definition) is 1. The lowest BCUT2D eigenvalue weighted by Gasteiger charge is -2.10. The van der Waals surface area contributed by atoms with Gasteiger partial charge in [-0.25, -0.2) is 14.6 Å². The summed E-state index contributed by atoms with van der Waals surface area (Å²) in [5.41, 5.74) is 0.875. The zero-order valence-electron chi connectivity index (χ0n) is 17.4. The van der Waals surface area contributed by atoms with E-state index in [0.717, 1.165) is 18.7 Å². The average molecular weight is 451 g/mol. The number of amides is 1. The van der Waals surface area contributed by atoms with Gasteiger partial charge in [0.25, 0.3) is 5.91 Å². The zero-order chi connectivity index (χ0) is 22.2. The van der Waals surface area contributed by atoms with Crippen LogP contribution in [0.15, 0.2) is 42.6 Å². The van der Waals surface area contributed by atoms with Crippen molar-refractivity contribution in [1.29, 1.82) is 0 Å². The first-order valence-electron chi connectivity index (χ1n) is 10.0. The number of carbonyl (C=O) groups excluding carboxylic acids is 1. The molecule has 1 aliphatic heterocycles. The van der Waals surface area contributed by atoms with E-state index in [1.807, 2.05) is 12.1 Å². The molecule has 0 aromatic carbocycles. The van der Waals surface area contributed by atoms with E-state index in [1.54, 1.807) is 24.3 Å². The lowest BCUT2D eigenvalue weighted by atomic mass is 10.2. The molecule has 4 aromatic heterocycles. The monoisotopic (exact) mass is 450 g/mol. The Morgan fingerprint density at radius 3 is 2.84 bits per heavy atom. The summed E-state index contributed by atoms with van der Waals surface area (Å²) in [6, 6.07) is 10.8. The standard InChI is InChI=1S/C21H19ClN8O2/c1-12-9-10-18-26-27-19(30(12)18)14-5-3-7-16(23-14)25-20(31)13-11-29(28-21(13)32-2)17-8-4-6-15(22)24-17/h3-8,11-12H,9-10H2,1-2H3,(H,23,25,31)/t12-/m0/s1. The molecule has 10 nitrogen and oxygen atoms in total. The number of methoxy groups -OCH3 is 1. The number of rotatable bonds is 5. The van der Waals surface area contributed by atoms with E-state index in [1.165, 1.54) is 18.0 Å². The third-order valence-electron chi connectivity index (χ3n) is 5.27. The Balaban J connectivity index is 1.42. The lowest BCUT2D eigenvalue weighted by molar-refractivity contribution is 0.102. The van der Waals surface area contributed by atoms with Crippen molar-refractivity contribution in [3.05, 3.63) is 59.1 Å². The fourth-order valence-electron chi connectivity index (χ4n) is 3.72. The van der Waals surface area contributed by atoms with Gasteiger partial charge in [-0.2, -0.15) is 0 Å². The van der Waals surface area contributed by atoms with Crippen molar-refractivity contribution >= 4 is 23.3 Å². The van der Waals surface area contributed by atoms with Gasteiger partial charge in [0.05, 0.1) is 7.11 Å². The average Bonchev–Trinajstić information content (AvgIpc) is 3.50. The minimum absolute atomic E-state index is 0.157. The summed E-state index contributed by atoms with van der Waals surface area (Å²) in [5, 5.41) is 16.0. The van der Waals surface area contributed by atoms with E-state index in [-0.39, 0.29) is 11.4 Å². The van der Waals surface area contributed by atoms with Crippen LogP contribution in [0.3, 0.4) is 0 Å². The summed E-state index contributed by atoms with van der Waals surface area (Å²) in [5.74, 6) is 2.23. The first-order chi connectivity index (χ1) is 15.5. The van der Waals surface area contributed by atoms with Gasteiger partial charge in [-0.3, -0.25) is 4.79 Å². The Labute approximate surface area is 188 Å². The number of carbonyl (C=O) groups is 1. The van der Waals surface area contributed by atoms with Crippen molar-refractivity contribution in [2.24, 2.45) is 0 Å². The topological polar surface area (TPSA) is 113 Å². The molecule has 0 unspecified atom stereocenters. The number of ether oxygens (including phenoxy) is 1. The van der Waals surface area contributed by atoms with Gasteiger partial charge in [-0.15, -0.1) is 15.3 Å². The van der Waals surface area contributed by atoms with Crippen molar-refractivity contribution in [3.63, 3.8) is 0 Å². The van der Waals surface area contributed by atoms with Crippen LogP contribution in [0.1, 0.15) is 35.6 Å².